The van der Waals surface area contributed by atoms with E-state index in [1.54, 1.807) is 23.5 Å². The van der Waals surface area contributed by atoms with Crippen LogP contribution in [-0.4, -0.2) is 4.98 Å². The molecule has 1 aliphatic rings. The molecular formula is C12H10Cl2N2S. The summed E-state index contributed by atoms with van der Waals surface area (Å²) < 4.78 is 0. The van der Waals surface area contributed by atoms with E-state index in [4.69, 9.17) is 28.9 Å². The van der Waals surface area contributed by atoms with E-state index in [1.165, 1.54) is 12.8 Å². The molecule has 1 heterocycles. The molecule has 0 unspecified atom stereocenters. The van der Waals surface area contributed by atoms with E-state index < -0.39 is 0 Å². The topological polar surface area (TPSA) is 38.9 Å². The van der Waals surface area contributed by atoms with Gasteiger partial charge in [-0.2, -0.15) is 0 Å². The minimum Gasteiger partial charge on any atom is -0.389 e. The highest BCUT2D eigenvalue weighted by molar-refractivity contribution is 7.16. The Hall–Kier alpha value is -0.770. The summed E-state index contributed by atoms with van der Waals surface area (Å²) in [5, 5.41) is 3.08. The highest BCUT2D eigenvalue weighted by atomic mass is 35.5. The zero-order chi connectivity index (χ0) is 12.0. The van der Waals surface area contributed by atoms with Gasteiger partial charge in [-0.3, -0.25) is 0 Å². The van der Waals surface area contributed by atoms with Crippen LogP contribution in [0.25, 0.3) is 11.3 Å². The van der Waals surface area contributed by atoms with Crippen LogP contribution in [0.4, 0.5) is 5.00 Å². The molecule has 0 amide bonds. The molecule has 0 radical (unpaired) electrons. The lowest BCUT2D eigenvalue weighted by Crippen LogP contribution is -1.87. The van der Waals surface area contributed by atoms with Gasteiger partial charge in [0.2, 0.25) is 0 Å². The number of benzene rings is 1. The smallest absolute Gasteiger partial charge is 0.114 e. The standard InChI is InChI=1S/C12H10Cl2N2S/c13-7-3-4-8(9(14)5-7)10-11(15)17-12(16-10)6-1-2-6/h3-6H,1-2,15H2. The highest BCUT2D eigenvalue weighted by Gasteiger charge is 2.28. The molecule has 0 atom stereocenters. The lowest BCUT2D eigenvalue weighted by Gasteiger charge is -2.02. The monoisotopic (exact) mass is 284 g/mol. The predicted molar refractivity (Wildman–Crippen MR) is 74.0 cm³/mol. The van der Waals surface area contributed by atoms with Gasteiger partial charge in [-0.15, -0.1) is 11.3 Å². The van der Waals surface area contributed by atoms with Gasteiger partial charge in [0.1, 0.15) is 10.7 Å². The quantitative estimate of drug-likeness (QED) is 0.877. The third-order valence-corrected chi connectivity index (χ3v) is 4.38. The third kappa shape index (κ3) is 2.15. The van der Waals surface area contributed by atoms with E-state index in [-0.39, 0.29) is 0 Å². The maximum atomic E-state index is 6.17. The van der Waals surface area contributed by atoms with Crippen LogP contribution in [0.5, 0.6) is 0 Å². The fourth-order valence-electron chi connectivity index (χ4n) is 1.73. The number of aromatic nitrogens is 1. The van der Waals surface area contributed by atoms with Crippen LogP contribution >= 0.6 is 34.5 Å². The summed E-state index contributed by atoms with van der Waals surface area (Å²) in [6.07, 6.45) is 2.45. The van der Waals surface area contributed by atoms with Crippen LogP contribution in [0, 0.1) is 0 Å². The number of anilines is 1. The van der Waals surface area contributed by atoms with Gasteiger partial charge in [-0.05, 0) is 31.0 Å². The first kappa shape index (κ1) is 11.3. The average molecular weight is 285 g/mol. The molecule has 17 heavy (non-hydrogen) atoms. The first-order valence-electron chi connectivity index (χ1n) is 5.37. The first-order chi connectivity index (χ1) is 8.15. The molecule has 1 fully saturated rings. The molecule has 0 saturated heterocycles. The second-order valence-corrected chi connectivity index (χ2v) is 6.07. The van der Waals surface area contributed by atoms with Gasteiger partial charge in [-0.25, -0.2) is 4.98 Å². The van der Waals surface area contributed by atoms with E-state index in [1.807, 2.05) is 6.07 Å². The van der Waals surface area contributed by atoms with Gasteiger partial charge >= 0.3 is 0 Å². The Balaban J connectivity index is 2.07. The van der Waals surface area contributed by atoms with Crippen molar-refractivity contribution in [2.45, 2.75) is 18.8 Å². The minimum atomic E-state index is 0.594. The van der Waals surface area contributed by atoms with E-state index in [2.05, 4.69) is 4.98 Å². The molecule has 1 aromatic carbocycles. The number of thiazole rings is 1. The molecule has 2 N–H and O–H groups in total. The summed E-state index contributed by atoms with van der Waals surface area (Å²) in [5.74, 6) is 0.613. The number of nitrogens with two attached hydrogens (primary N) is 1. The first-order valence-corrected chi connectivity index (χ1v) is 6.94. The Labute approximate surface area is 113 Å². The van der Waals surface area contributed by atoms with Crippen LogP contribution in [0.3, 0.4) is 0 Å². The van der Waals surface area contributed by atoms with Crippen LogP contribution in [0.2, 0.25) is 10.0 Å². The molecule has 1 saturated carbocycles. The molecule has 88 valence electrons. The van der Waals surface area contributed by atoms with Gasteiger partial charge in [-0.1, -0.05) is 23.2 Å². The van der Waals surface area contributed by atoms with Crippen molar-refractivity contribution in [2.75, 3.05) is 5.73 Å². The van der Waals surface area contributed by atoms with Crippen molar-refractivity contribution >= 4 is 39.5 Å². The van der Waals surface area contributed by atoms with Crippen LogP contribution in [0.15, 0.2) is 18.2 Å². The molecule has 3 rings (SSSR count). The Morgan fingerprint density at radius 2 is 2.06 bits per heavy atom. The second kappa shape index (κ2) is 4.16. The van der Waals surface area contributed by atoms with Crippen molar-refractivity contribution in [1.82, 2.24) is 4.98 Å². The zero-order valence-electron chi connectivity index (χ0n) is 8.91. The number of halogens is 2. The predicted octanol–water partition coefficient (Wildman–Crippen LogP) is 4.58. The zero-order valence-corrected chi connectivity index (χ0v) is 11.2. The number of nitrogen functional groups attached to an aromatic ring is 1. The van der Waals surface area contributed by atoms with Gasteiger partial charge in [0, 0.05) is 16.5 Å². The van der Waals surface area contributed by atoms with Crippen LogP contribution in [0.1, 0.15) is 23.8 Å². The van der Waals surface area contributed by atoms with E-state index in [9.17, 15) is 0 Å². The number of hydrogen-bond donors (Lipinski definition) is 1. The highest BCUT2D eigenvalue weighted by Crippen LogP contribution is 2.46. The third-order valence-electron chi connectivity index (χ3n) is 2.78. The fraction of sp³-hybridized carbons (Fsp3) is 0.250. The Morgan fingerprint density at radius 3 is 2.71 bits per heavy atom. The van der Waals surface area contributed by atoms with E-state index in [0.717, 1.165) is 21.3 Å². The van der Waals surface area contributed by atoms with Crippen LogP contribution in [-0.2, 0) is 0 Å². The molecule has 1 aliphatic carbocycles. The molecule has 5 heteroatoms. The molecule has 2 aromatic rings. The average Bonchev–Trinajstić information content (AvgIpc) is 3.04. The largest absolute Gasteiger partial charge is 0.389 e. The minimum absolute atomic E-state index is 0.594. The van der Waals surface area contributed by atoms with Crippen LogP contribution < -0.4 is 5.73 Å². The SMILES string of the molecule is Nc1sc(C2CC2)nc1-c1ccc(Cl)cc1Cl. The molecule has 1 aromatic heterocycles. The Morgan fingerprint density at radius 1 is 1.29 bits per heavy atom. The van der Waals surface area contributed by atoms with Gasteiger partial charge in [0.05, 0.1) is 10.0 Å². The van der Waals surface area contributed by atoms with Crippen molar-refractivity contribution in [3.63, 3.8) is 0 Å². The summed E-state index contributed by atoms with van der Waals surface area (Å²) in [5.41, 5.74) is 7.66. The maximum Gasteiger partial charge on any atom is 0.114 e. The van der Waals surface area contributed by atoms with Crippen molar-refractivity contribution in [3.05, 3.63) is 33.3 Å². The van der Waals surface area contributed by atoms with Crippen molar-refractivity contribution in [1.29, 1.82) is 0 Å². The molecule has 2 nitrogen and oxygen atoms in total. The Kier molecular flexibility index (Phi) is 2.77. The summed E-state index contributed by atoms with van der Waals surface area (Å²) in [6.45, 7) is 0. The van der Waals surface area contributed by atoms with Gasteiger partial charge in [0.15, 0.2) is 0 Å². The molecular weight excluding hydrogens is 275 g/mol. The Bertz CT molecular complexity index is 576. The maximum absolute atomic E-state index is 6.17. The summed E-state index contributed by atoms with van der Waals surface area (Å²) in [4.78, 5) is 4.60. The van der Waals surface area contributed by atoms with Crippen molar-refractivity contribution in [2.24, 2.45) is 0 Å². The lowest BCUT2D eigenvalue weighted by molar-refractivity contribution is 1.09. The number of rotatable bonds is 2. The summed E-state index contributed by atoms with van der Waals surface area (Å²) >= 11 is 13.6. The second-order valence-electron chi connectivity index (χ2n) is 4.16. The normalized spacial score (nSPS) is 15.2. The molecule has 0 spiro atoms. The fourth-order valence-corrected chi connectivity index (χ4v) is 3.24. The molecule has 0 aliphatic heterocycles. The lowest BCUT2D eigenvalue weighted by atomic mass is 10.1. The van der Waals surface area contributed by atoms with E-state index in [0.29, 0.717) is 16.0 Å². The van der Waals surface area contributed by atoms with Crippen molar-refractivity contribution in [3.8, 4) is 11.3 Å². The van der Waals surface area contributed by atoms with E-state index >= 15 is 0 Å². The number of hydrogen-bond acceptors (Lipinski definition) is 3. The van der Waals surface area contributed by atoms with Crippen molar-refractivity contribution < 1.29 is 0 Å². The number of nitrogens with zero attached hydrogens (tertiary/aromatic N) is 1. The summed E-state index contributed by atoms with van der Waals surface area (Å²) in [7, 11) is 0. The molecule has 0 bridgehead atoms. The summed E-state index contributed by atoms with van der Waals surface area (Å²) in [6, 6.07) is 5.39. The van der Waals surface area contributed by atoms with Gasteiger partial charge < -0.3 is 5.73 Å². The van der Waals surface area contributed by atoms with Gasteiger partial charge in [0.25, 0.3) is 0 Å².